The van der Waals surface area contributed by atoms with E-state index in [9.17, 15) is 4.39 Å². The second-order valence-corrected chi connectivity index (χ2v) is 4.22. The third kappa shape index (κ3) is 2.25. The first-order valence-corrected chi connectivity index (χ1v) is 5.28. The van der Waals surface area contributed by atoms with Crippen molar-refractivity contribution in [1.29, 1.82) is 0 Å². The Morgan fingerprint density at radius 3 is 2.79 bits per heavy atom. The van der Waals surface area contributed by atoms with Crippen molar-refractivity contribution in [1.82, 2.24) is 5.32 Å². The Kier molecular flexibility index (Phi) is 3.04. The predicted octanol–water partition coefficient (Wildman–Crippen LogP) is 2.63. The number of hydrogen-bond donors (Lipinski definition) is 1. The third-order valence-corrected chi connectivity index (χ3v) is 3.00. The van der Waals surface area contributed by atoms with E-state index in [0.29, 0.717) is 0 Å². The maximum atomic E-state index is 13.1. The maximum Gasteiger partial charge on any atom is 0.142 e. The summed E-state index contributed by atoms with van der Waals surface area (Å²) in [6, 6.07) is 5.07. The quantitative estimate of drug-likeness (QED) is 0.814. The van der Waals surface area contributed by atoms with Gasteiger partial charge in [0.2, 0.25) is 0 Å². The van der Waals surface area contributed by atoms with Gasteiger partial charge in [0.1, 0.15) is 5.82 Å². The van der Waals surface area contributed by atoms with Crippen molar-refractivity contribution < 1.29 is 4.39 Å². The minimum absolute atomic E-state index is 0.207. The Bertz CT molecular complexity index is 323. The average molecular weight is 214 g/mol. The summed E-state index contributed by atoms with van der Waals surface area (Å²) >= 11 is 5.60. The van der Waals surface area contributed by atoms with Gasteiger partial charge in [0.05, 0.1) is 5.02 Å². The largest absolute Gasteiger partial charge is 0.316 e. The van der Waals surface area contributed by atoms with Gasteiger partial charge < -0.3 is 5.32 Å². The summed E-state index contributed by atoms with van der Waals surface area (Å²) in [6.07, 6.45) is 2.08. The first-order valence-electron chi connectivity index (χ1n) is 4.90. The molecule has 0 saturated carbocycles. The summed E-state index contributed by atoms with van der Waals surface area (Å²) in [5, 5.41) is 3.43. The van der Waals surface area contributed by atoms with Gasteiger partial charge in [-0.15, -0.1) is 0 Å². The summed E-state index contributed by atoms with van der Waals surface area (Å²) in [7, 11) is 0. The first kappa shape index (κ1) is 9.94. The lowest BCUT2D eigenvalue weighted by molar-refractivity contribution is 0.327. The summed E-state index contributed by atoms with van der Waals surface area (Å²) in [5.74, 6) is 0.463. The molecule has 1 fully saturated rings. The Balaban J connectivity index is 1.91. The van der Waals surface area contributed by atoms with Crippen LogP contribution in [0, 0.1) is 11.7 Å². The molecule has 1 aliphatic rings. The highest BCUT2D eigenvalue weighted by atomic mass is 35.5. The summed E-state index contributed by atoms with van der Waals surface area (Å²) in [6.45, 7) is 2.21. The highest BCUT2D eigenvalue weighted by Crippen LogP contribution is 2.18. The van der Waals surface area contributed by atoms with Crippen LogP contribution in [0.4, 0.5) is 4.39 Å². The molecular weight excluding hydrogens is 201 g/mol. The molecule has 0 spiro atoms. The highest BCUT2D eigenvalue weighted by Gasteiger charge is 2.16. The lowest BCUT2D eigenvalue weighted by atomic mass is 9.95. The molecule has 0 aliphatic carbocycles. The lowest BCUT2D eigenvalue weighted by Gasteiger charge is -2.26. The van der Waals surface area contributed by atoms with Crippen molar-refractivity contribution in [3.05, 3.63) is 34.6 Å². The molecule has 76 valence electrons. The second kappa shape index (κ2) is 4.28. The van der Waals surface area contributed by atoms with E-state index in [1.54, 1.807) is 6.07 Å². The van der Waals surface area contributed by atoms with Crippen LogP contribution >= 0.6 is 11.6 Å². The van der Waals surface area contributed by atoms with Crippen LogP contribution in [0.15, 0.2) is 18.2 Å². The molecule has 0 radical (unpaired) electrons. The molecule has 1 heterocycles. The van der Waals surface area contributed by atoms with Gasteiger partial charge in [0.25, 0.3) is 0 Å². The fourth-order valence-corrected chi connectivity index (χ4v) is 1.74. The van der Waals surface area contributed by atoms with E-state index < -0.39 is 0 Å². The molecule has 0 atom stereocenters. The van der Waals surface area contributed by atoms with Gasteiger partial charge in [0.15, 0.2) is 0 Å². The van der Waals surface area contributed by atoms with Crippen LogP contribution < -0.4 is 5.32 Å². The second-order valence-electron chi connectivity index (χ2n) is 3.81. The van der Waals surface area contributed by atoms with Crippen molar-refractivity contribution in [2.45, 2.75) is 12.8 Å². The lowest BCUT2D eigenvalue weighted by Crippen LogP contribution is -2.42. The van der Waals surface area contributed by atoms with Gasteiger partial charge in [-0.05, 0) is 49.5 Å². The topological polar surface area (TPSA) is 12.0 Å². The van der Waals surface area contributed by atoms with Crippen molar-refractivity contribution >= 4 is 11.6 Å². The SMILES string of the molecule is Fc1cc(CCC2CNC2)ccc1Cl. The number of benzene rings is 1. The zero-order valence-electron chi connectivity index (χ0n) is 7.89. The molecule has 1 aromatic rings. The summed E-state index contributed by atoms with van der Waals surface area (Å²) in [5.41, 5.74) is 1.04. The van der Waals surface area contributed by atoms with E-state index in [2.05, 4.69) is 5.32 Å². The molecule has 0 aromatic heterocycles. The van der Waals surface area contributed by atoms with Crippen LogP contribution in [0.5, 0.6) is 0 Å². The Morgan fingerprint density at radius 1 is 1.43 bits per heavy atom. The molecular formula is C11H13ClFN. The van der Waals surface area contributed by atoms with Gasteiger partial charge in [-0.2, -0.15) is 0 Å². The molecule has 14 heavy (non-hydrogen) atoms. The zero-order chi connectivity index (χ0) is 9.97. The molecule has 2 rings (SSSR count). The van der Waals surface area contributed by atoms with Crippen LogP contribution in [0.25, 0.3) is 0 Å². The smallest absolute Gasteiger partial charge is 0.142 e. The van der Waals surface area contributed by atoms with Crippen molar-refractivity contribution in [2.75, 3.05) is 13.1 Å². The minimum Gasteiger partial charge on any atom is -0.316 e. The van der Waals surface area contributed by atoms with E-state index in [0.717, 1.165) is 37.4 Å². The van der Waals surface area contributed by atoms with Crippen LogP contribution in [-0.2, 0) is 6.42 Å². The molecule has 0 unspecified atom stereocenters. The first-order chi connectivity index (χ1) is 6.75. The molecule has 1 aromatic carbocycles. The number of aryl methyl sites for hydroxylation is 1. The van der Waals surface area contributed by atoms with Gasteiger partial charge in [0, 0.05) is 0 Å². The minimum atomic E-state index is -0.309. The standard InChI is InChI=1S/C11H13ClFN/c12-10-4-3-8(5-11(10)13)1-2-9-6-14-7-9/h3-5,9,14H,1-2,6-7H2. The predicted molar refractivity (Wildman–Crippen MR) is 56.1 cm³/mol. The van der Waals surface area contributed by atoms with Gasteiger partial charge >= 0.3 is 0 Å². The fourth-order valence-electron chi connectivity index (χ4n) is 1.62. The Hall–Kier alpha value is -0.600. The average Bonchev–Trinajstić information content (AvgIpc) is 2.08. The molecule has 1 nitrogen and oxygen atoms in total. The van der Waals surface area contributed by atoms with Gasteiger partial charge in [-0.1, -0.05) is 17.7 Å². The van der Waals surface area contributed by atoms with Crippen LogP contribution in [0.3, 0.4) is 0 Å². The zero-order valence-corrected chi connectivity index (χ0v) is 8.65. The van der Waals surface area contributed by atoms with E-state index in [1.165, 1.54) is 6.07 Å². The Labute approximate surface area is 88.3 Å². The molecule has 0 amide bonds. The third-order valence-electron chi connectivity index (χ3n) is 2.69. The normalized spacial score (nSPS) is 16.7. The highest BCUT2D eigenvalue weighted by molar-refractivity contribution is 6.30. The number of nitrogens with one attached hydrogen (secondary N) is 1. The number of hydrogen-bond acceptors (Lipinski definition) is 1. The number of halogens is 2. The van der Waals surface area contributed by atoms with Crippen LogP contribution in [0.1, 0.15) is 12.0 Å². The summed E-state index contributed by atoms with van der Waals surface area (Å²) in [4.78, 5) is 0. The van der Waals surface area contributed by atoms with Crippen LogP contribution in [0.2, 0.25) is 5.02 Å². The monoisotopic (exact) mass is 213 g/mol. The van der Waals surface area contributed by atoms with E-state index in [1.807, 2.05) is 6.07 Å². The molecule has 0 bridgehead atoms. The van der Waals surface area contributed by atoms with Crippen molar-refractivity contribution in [3.8, 4) is 0 Å². The molecule has 3 heteroatoms. The van der Waals surface area contributed by atoms with Crippen LogP contribution in [-0.4, -0.2) is 13.1 Å². The Morgan fingerprint density at radius 2 is 2.21 bits per heavy atom. The maximum absolute atomic E-state index is 13.1. The molecule has 1 aliphatic heterocycles. The van der Waals surface area contributed by atoms with Crippen molar-refractivity contribution in [2.24, 2.45) is 5.92 Å². The van der Waals surface area contributed by atoms with Gasteiger partial charge in [-0.3, -0.25) is 0 Å². The summed E-state index contributed by atoms with van der Waals surface area (Å²) < 4.78 is 13.1. The number of rotatable bonds is 3. The van der Waals surface area contributed by atoms with Crippen molar-refractivity contribution in [3.63, 3.8) is 0 Å². The van der Waals surface area contributed by atoms with Gasteiger partial charge in [-0.25, -0.2) is 4.39 Å². The molecule has 1 N–H and O–H groups in total. The molecule has 1 saturated heterocycles. The fraction of sp³-hybridized carbons (Fsp3) is 0.455. The van der Waals surface area contributed by atoms with E-state index in [-0.39, 0.29) is 10.8 Å². The van der Waals surface area contributed by atoms with E-state index in [4.69, 9.17) is 11.6 Å². The van der Waals surface area contributed by atoms with E-state index >= 15 is 0 Å².